The van der Waals surface area contributed by atoms with Gasteiger partial charge < -0.3 is 33.1 Å². The van der Waals surface area contributed by atoms with Gasteiger partial charge in [0.15, 0.2) is 0 Å². The monoisotopic (exact) mass is 217 g/mol. The molecular formula is C6H24N3O3P. The van der Waals surface area contributed by atoms with Crippen LogP contribution in [-0.4, -0.2) is 14.7 Å². The first kappa shape index (κ1) is 38.8. The van der Waals surface area contributed by atoms with Gasteiger partial charge in [0.05, 0.1) is 0 Å². The number of hydrogen-bond acceptors (Lipinski definition) is 6. The van der Waals surface area contributed by atoms with Crippen molar-refractivity contribution < 1.29 is 14.7 Å². The van der Waals surface area contributed by atoms with E-state index in [1.165, 1.54) is 0 Å². The third-order valence-electron chi connectivity index (χ3n) is 0. The Labute approximate surface area is 81.7 Å². The number of hydrogen-bond donors (Lipinski definition) is 6. The minimum Gasteiger partial charge on any atom is -0.344 e. The average Bonchev–Trinajstić information content (AvgIpc) is 1.65. The molecule has 0 saturated carbocycles. The van der Waals surface area contributed by atoms with Crippen molar-refractivity contribution in [1.82, 2.24) is 18.5 Å². The van der Waals surface area contributed by atoms with Crippen LogP contribution in [0.2, 0.25) is 0 Å². The summed E-state index contributed by atoms with van der Waals surface area (Å²) in [6.45, 7) is 10.5. The molecule has 0 aromatic carbocycles. The van der Waals surface area contributed by atoms with Gasteiger partial charge in [-0.25, -0.2) is 0 Å². The lowest BCUT2D eigenvalue weighted by Gasteiger charge is -1.76. The van der Waals surface area contributed by atoms with Crippen LogP contribution in [0, 0.1) is 0 Å². The van der Waals surface area contributed by atoms with E-state index in [-0.39, 0.29) is 18.5 Å². The second-order valence-corrected chi connectivity index (χ2v) is 1.62. The largest absolute Gasteiger partial charge is 0.344 e. The topological polar surface area (TPSA) is 166 Å². The van der Waals surface area contributed by atoms with Crippen molar-refractivity contribution in [3.05, 3.63) is 25.3 Å². The zero-order valence-electron chi connectivity index (χ0n) is 8.48. The molecule has 12 N–H and O–H groups in total. The fourth-order valence-corrected chi connectivity index (χ4v) is 0. The highest BCUT2D eigenvalue weighted by atomic mass is 31.2. The molecule has 0 unspecified atom stereocenters. The molecule has 0 aromatic heterocycles. The SMILES string of the molecule is C=CC.C=CC.N.N.N.OP(O)O. The second-order valence-electron chi connectivity index (χ2n) is 1.08. The summed E-state index contributed by atoms with van der Waals surface area (Å²) < 4.78 is 0. The maximum absolute atomic E-state index is 7.23. The van der Waals surface area contributed by atoms with Crippen LogP contribution in [0.3, 0.4) is 0 Å². The van der Waals surface area contributed by atoms with E-state index in [1.807, 2.05) is 13.8 Å². The van der Waals surface area contributed by atoms with Gasteiger partial charge in [-0.3, -0.25) is 0 Å². The Hall–Kier alpha value is -0.330. The standard InChI is InChI=1S/2C3H6.3H3N.H3O3P/c2*1-3-2;;;;1-4(2)3/h2*3H,1H2,2H3;3*1H3;1-3H. The fourth-order valence-electron chi connectivity index (χ4n) is 0. The van der Waals surface area contributed by atoms with E-state index < -0.39 is 8.60 Å². The van der Waals surface area contributed by atoms with Crippen molar-refractivity contribution in [2.45, 2.75) is 13.8 Å². The van der Waals surface area contributed by atoms with E-state index in [2.05, 4.69) is 13.2 Å². The highest BCUT2D eigenvalue weighted by Gasteiger charge is 1.76. The Morgan fingerprint density at radius 1 is 0.846 bits per heavy atom. The normalized spacial score (nSPS) is 4.77. The van der Waals surface area contributed by atoms with Crippen LogP contribution in [0.4, 0.5) is 0 Å². The van der Waals surface area contributed by atoms with E-state index in [1.54, 1.807) is 12.2 Å². The van der Waals surface area contributed by atoms with Crippen LogP contribution in [-0.2, 0) is 0 Å². The lowest BCUT2D eigenvalue weighted by molar-refractivity contribution is 0.368. The number of allylic oxidation sites excluding steroid dienone is 2. The van der Waals surface area contributed by atoms with Crippen molar-refractivity contribution in [3.8, 4) is 0 Å². The van der Waals surface area contributed by atoms with Crippen molar-refractivity contribution in [2.75, 3.05) is 0 Å². The first-order valence-electron chi connectivity index (χ1n) is 2.57. The molecule has 7 heteroatoms. The quantitative estimate of drug-likeness (QED) is 0.268. The van der Waals surface area contributed by atoms with Gasteiger partial charge in [0.25, 0.3) is 0 Å². The highest BCUT2D eigenvalue weighted by Crippen LogP contribution is 2.11. The third-order valence-corrected chi connectivity index (χ3v) is 0. The van der Waals surface area contributed by atoms with Crippen LogP contribution < -0.4 is 18.5 Å². The summed E-state index contributed by atoms with van der Waals surface area (Å²) in [5.41, 5.74) is 0. The summed E-state index contributed by atoms with van der Waals surface area (Å²) in [6, 6.07) is 0. The van der Waals surface area contributed by atoms with Crippen LogP contribution in [0.15, 0.2) is 25.3 Å². The molecule has 0 heterocycles. The molecule has 13 heavy (non-hydrogen) atoms. The molecule has 0 atom stereocenters. The van der Waals surface area contributed by atoms with Crippen molar-refractivity contribution in [2.24, 2.45) is 0 Å². The Balaban J connectivity index is -0.0000000128. The first-order valence-corrected chi connectivity index (χ1v) is 3.77. The molecule has 0 radical (unpaired) electrons. The maximum Gasteiger partial charge on any atom is 0.324 e. The predicted octanol–water partition coefficient (Wildman–Crippen LogP) is 2.06. The third kappa shape index (κ3) is 10000. The predicted molar refractivity (Wildman–Crippen MR) is 60.4 cm³/mol. The molecule has 0 aliphatic heterocycles. The van der Waals surface area contributed by atoms with Gasteiger partial charge in [-0.05, 0) is 13.8 Å². The molecule has 0 aromatic rings. The molecule has 0 saturated heterocycles. The minimum atomic E-state index is -2.62. The zero-order valence-corrected chi connectivity index (χ0v) is 9.37. The lowest BCUT2D eigenvalue weighted by Crippen LogP contribution is -1.54. The Bertz CT molecular complexity index is 65.4. The van der Waals surface area contributed by atoms with E-state index in [9.17, 15) is 0 Å². The van der Waals surface area contributed by atoms with Crippen LogP contribution in [0.25, 0.3) is 0 Å². The van der Waals surface area contributed by atoms with Gasteiger partial charge in [0.2, 0.25) is 0 Å². The molecule has 0 bridgehead atoms. The molecular weight excluding hydrogens is 193 g/mol. The van der Waals surface area contributed by atoms with Crippen molar-refractivity contribution >= 4 is 8.60 Å². The summed E-state index contributed by atoms with van der Waals surface area (Å²) in [4.78, 5) is 21.7. The lowest BCUT2D eigenvalue weighted by atomic mass is 10.8. The van der Waals surface area contributed by atoms with Gasteiger partial charge in [-0.2, -0.15) is 0 Å². The van der Waals surface area contributed by atoms with Crippen LogP contribution in [0.1, 0.15) is 13.8 Å². The van der Waals surface area contributed by atoms with Crippen molar-refractivity contribution in [3.63, 3.8) is 0 Å². The second kappa shape index (κ2) is 60.9. The van der Waals surface area contributed by atoms with E-state index in [0.717, 1.165) is 0 Å². The molecule has 0 aliphatic rings. The molecule has 0 aliphatic carbocycles. The first-order chi connectivity index (χ1) is 4.56. The minimum absolute atomic E-state index is 0. The zero-order chi connectivity index (χ0) is 8.99. The van der Waals surface area contributed by atoms with Gasteiger partial charge in [-0.1, -0.05) is 12.2 Å². The summed E-state index contributed by atoms with van der Waals surface area (Å²) in [6.07, 6.45) is 3.50. The fraction of sp³-hybridized carbons (Fsp3) is 0.333. The van der Waals surface area contributed by atoms with Gasteiger partial charge in [0, 0.05) is 0 Å². The molecule has 86 valence electrons. The summed E-state index contributed by atoms with van der Waals surface area (Å²) in [5.74, 6) is 0. The smallest absolute Gasteiger partial charge is 0.324 e. The van der Waals surface area contributed by atoms with E-state index >= 15 is 0 Å². The summed E-state index contributed by atoms with van der Waals surface area (Å²) >= 11 is 0. The van der Waals surface area contributed by atoms with E-state index in [4.69, 9.17) is 14.7 Å². The van der Waals surface area contributed by atoms with Gasteiger partial charge >= 0.3 is 8.60 Å². The molecule has 6 nitrogen and oxygen atoms in total. The van der Waals surface area contributed by atoms with Gasteiger partial charge in [0.1, 0.15) is 0 Å². The molecule has 0 spiro atoms. The maximum atomic E-state index is 7.23. The Morgan fingerprint density at radius 2 is 0.846 bits per heavy atom. The molecule has 0 amide bonds. The molecule has 0 fully saturated rings. The van der Waals surface area contributed by atoms with Gasteiger partial charge in [-0.15, -0.1) is 13.2 Å². The summed E-state index contributed by atoms with van der Waals surface area (Å²) in [5, 5.41) is 0. The number of rotatable bonds is 0. The average molecular weight is 217 g/mol. The highest BCUT2D eigenvalue weighted by molar-refractivity contribution is 7.38. The van der Waals surface area contributed by atoms with Crippen LogP contribution >= 0.6 is 8.60 Å². The van der Waals surface area contributed by atoms with E-state index in [0.29, 0.717) is 0 Å². The molecule has 0 rings (SSSR count). The Morgan fingerprint density at radius 3 is 0.846 bits per heavy atom. The van der Waals surface area contributed by atoms with Crippen LogP contribution in [0.5, 0.6) is 0 Å². The van der Waals surface area contributed by atoms with Crippen molar-refractivity contribution in [1.29, 1.82) is 0 Å². The Kier molecular flexibility index (Phi) is 182. The summed E-state index contributed by atoms with van der Waals surface area (Å²) in [7, 11) is -2.62.